The molecule has 0 aliphatic carbocycles. The highest BCUT2D eigenvalue weighted by molar-refractivity contribution is 6.32. The van der Waals surface area contributed by atoms with Crippen LogP contribution in [0.2, 0.25) is 0 Å². The lowest BCUT2D eigenvalue weighted by molar-refractivity contribution is -0.132. The van der Waals surface area contributed by atoms with Crippen molar-refractivity contribution in [3.05, 3.63) is 59.7 Å². The van der Waals surface area contributed by atoms with Gasteiger partial charge in [0.05, 0.1) is 5.69 Å². The number of amides is 2. The molecule has 27 heavy (non-hydrogen) atoms. The van der Waals surface area contributed by atoms with Crippen LogP contribution in [0.25, 0.3) is 0 Å². The summed E-state index contributed by atoms with van der Waals surface area (Å²) in [4.78, 5) is 43.1. The first-order chi connectivity index (χ1) is 13.0. The lowest BCUT2D eigenvalue weighted by atomic mass is 9.93. The lowest BCUT2D eigenvalue weighted by Gasteiger charge is -2.15. The third kappa shape index (κ3) is 2.87. The first kappa shape index (κ1) is 17.0. The van der Waals surface area contributed by atoms with Crippen molar-refractivity contribution in [3.63, 3.8) is 0 Å². The topological polar surface area (TPSA) is 85.3 Å². The maximum atomic E-state index is 13.0. The third-order valence-electron chi connectivity index (χ3n) is 4.52. The van der Waals surface area contributed by atoms with E-state index in [0.717, 1.165) is 16.0 Å². The number of hydrogen-bond acceptors (Lipinski definition) is 6. The molecule has 0 aromatic heterocycles. The van der Waals surface area contributed by atoms with E-state index in [4.69, 9.17) is 9.57 Å². The number of anilines is 1. The van der Waals surface area contributed by atoms with Gasteiger partial charge in [-0.05, 0) is 31.2 Å². The molecule has 2 aromatic rings. The molecular formula is C20H16N2O5. The van der Waals surface area contributed by atoms with Crippen LogP contribution < -0.4 is 9.64 Å². The van der Waals surface area contributed by atoms with Gasteiger partial charge in [-0.25, -0.2) is 4.90 Å². The third-order valence-corrected chi connectivity index (χ3v) is 4.52. The Balaban J connectivity index is 1.62. The van der Waals surface area contributed by atoms with Crippen molar-refractivity contribution >= 4 is 29.2 Å². The Morgan fingerprint density at radius 2 is 1.70 bits per heavy atom. The fraction of sp³-hybridized carbons (Fsp3) is 0.200. The summed E-state index contributed by atoms with van der Waals surface area (Å²) < 4.78 is 4.97. The summed E-state index contributed by atoms with van der Waals surface area (Å²) in [5.74, 6) is -1.73. The van der Waals surface area contributed by atoms with Gasteiger partial charge in [0, 0.05) is 12.5 Å². The molecule has 2 aliphatic rings. The van der Waals surface area contributed by atoms with E-state index in [9.17, 15) is 14.4 Å². The maximum absolute atomic E-state index is 13.0. The molecule has 2 aliphatic heterocycles. The predicted octanol–water partition coefficient (Wildman–Crippen LogP) is 2.21. The average molecular weight is 364 g/mol. The number of fused-ring (bicyclic) bond motifs is 1. The lowest BCUT2D eigenvalue weighted by Crippen LogP contribution is -2.33. The van der Waals surface area contributed by atoms with Gasteiger partial charge < -0.3 is 9.57 Å². The van der Waals surface area contributed by atoms with Gasteiger partial charge in [0.15, 0.2) is 0 Å². The number of nitrogens with zero attached hydrogens (tertiary/aromatic N) is 2. The van der Waals surface area contributed by atoms with Crippen LogP contribution in [-0.4, -0.2) is 29.6 Å². The van der Waals surface area contributed by atoms with E-state index < -0.39 is 23.9 Å². The summed E-state index contributed by atoms with van der Waals surface area (Å²) >= 11 is 0. The SMILES string of the molecule is CC(=O)Oc1ccc(N2C(=O)C3ON=C(c4ccc(C)cc4)C3C2=O)cc1. The molecule has 0 N–H and O–H groups in total. The molecule has 2 unspecified atom stereocenters. The second-order valence-corrected chi connectivity index (χ2v) is 6.45. The zero-order chi connectivity index (χ0) is 19.1. The van der Waals surface area contributed by atoms with Crippen molar-refractivity contribution in [3.8, 4) is 5.75 Å². The number of benzene rings is 2. The Morgan fingerprint density at radius 1 is 1.04 bits per heavy atom. The van der Waals surface area contributed by atoms with Crippen molar-refractivity contribution in [1.29, 1.82) is 0 Å². The second kappa shape index (κ2) is 6.35. The molecule has 7 heteroatoms. The van der Waals surface area contributed by atoms with Crippen LogP contribution in [0.4, 0.5) is 5.69 Å². The van der Waals surface area contributed by atoms with Crippen molar-refractivity contribution in [2.24, 2.45) is 11.1 Å². The molecule has 0 bridgehead atoms. The Bertz CT molecular complexity index is 963. The van der Waals surface area contributed by atoms with E-state index in [-0.39, 0.29) is 5.91 Å². The minimum atomic E-state index is -0.957. The van der Waals surface area contributed by atoms with Gasteiger partial charge in [-0.15, -0.1) is 0 Å². The molecule has 4 rings (SSSR count). The normalized spacial score (nSPS) is 21.0. The minimum absolute atomic E-state index is 0.337. The smallest absolute Gasteiger partial charge is 0.308 e. The monoisotopic (exact) mass is 364 g/mol. The van der Waals surface area contributed by atoms with Crippen molar-refractivity contribution in [2.45, 2.75) is 20.0 Å². The predicted molar refractivity (Wildman–Crippen MR) is 96.3 cm³/mol. The standard InChI is InChI=1S/C20H16N2O5/c1-11-3-5-13(6-4-11)17-16-18(27-21-17)20(25)22(19(16)24)14-7-9-15(10-8-14)26-12(2)23/h3-10,16,18H,1-2H3. The maximum Gasteiger partial charge on any atom is 0.308 e. The summed E-state index contributed by atoms with van der Waals surface area (Å²) in [7, 11) is 0. The van der Waals surface area contributed by atoms with Crippen LogP contribution in [0.3, 0.4) is 0 Å². The molecule has 1 saturated heterocycles. The van der Waals surface area contributed by atoms with E-state index in [2.05, 4.69) is 5.16 Å². The Hall–Kier alpha value is -3.48. The van der Waals surface area contributed by atoms with Crippen molar-refractivity contribution in [1.82, 2.24) is 0 Å². The number of oxime groups is 1. The molecule has 7 nitrogen and oxygen atoms in total. The number of imide groups is 1. The zero-order valence-corrected chi connectivity index (χ0v) is 14.7. The molecule has 136 valence electrons. The minimum Gasteiger partial charge on any atom is -0.427 e. The van der Waals surface area contributed by atoms with Crippen LogP contribution in [0.15, 0.2) is 53.7 Å². The highest BCUT2D eigenvalue weighted by atomic mass is 16.6. The molecule has 0 radical (unpaired) electrons. The quantitative estimate of drug-likeness (QED) is 0.474. The molecule has 2 amide bonds. The van der Waals surface area contributed by atoms with Crippen LogP contribution in [0.1, 0.15) is 18.1 Å². The van der Waals surface area contributed by atoms with Gasteiger partial charge in [0.2, 0.25) is 12.0 Å². The number of carbonyl (C=O) groups excluding carboxylic acids is 3. The Kier molecular flexibility index (Phi) is 3.99. The van der Waals surface area contributed by atoms with Crippen LogP contribution in [0, 0.1) is 12.8 Å². The molecular weight excluding hydrogens is 348 g/mol. The average Bonchev–Trinajstić information content (AvgIpc) is 3.17. The Morgan fingerprint density at radius 3 is 2.33 bits per heavy atom. The van der Waals surface area contributed by atoms with E-state index >= 15 is 0 Å². The van der Waals surface area contributed by atoms with Crippen LogP contribution >= 0.6 is 0 Å². The fourth-order valence-corrected chi connectivity index (χ4v) is 3.22. The summed E-state index contributed by atoms with van der Waals surface area (Å²) in [6.07, 6.45) is -0.957. The second-order valence-electron chi connectivity index (χ2n) is 6.45. The van der Waals surface area contributed by atoms with Gasteiger partial charge in [0.1, 0.15) is 17.4 Å². The summed E-state index contributed by atoms with van der Waals surface area (Å²) in [5, 5.41) is 3.99. The number of rotatable bonds is 3. The number of esters is 1. The van der Waals surface area contributed by atoms with Gasteiger partial charge in [-0.1, -0.05) is 35.0 Å². The highest BCUT2D eigenvalue weighted by Gasteiger charge is 2.56. The number of ether oxygens (including phenoxy) is 1. The Labute approximate surface area is 155 Å². The zero-order valence-electron chi connectivity index (χ0n) is 14.7. The van der Waals surface area contributed by atoms with Crippen molar-refractivity contribution in [2.75, 3.05) is 4.90 Å². The van der Waals surface area contributed by atoms with Gasteiger partial charge >= 0.3 is 5.97 Å². The summed E-state index contributed by atoms with van der Waals surface area (Å²) in [6.45, 7) is 3.26. The summed E-state index contributed by atoms with van der Waals surface area (Å²) in [5.41, 5.74) is 2.68. The van der Waals surface area contributed by atoms with Gasteiger partial charge in [-0.3, -0.25) is 14.4 Å². The molecule has 0 saturated carbocycles. The number of hydrogen-bond donors (Lipinski definition) is 0. The number of aryl methyl sites for hydroxylation is 1. The van der Waals surface area contributed by atoms with Crippen molar-refractivity contribution < 1.29 is 24.0 Å². The first-order valence-corrected chi connectivity index (χ1v) is 8.43. The van der Waals surface area contributed by atoms with E-state index in [1.54, 1.807) is 12.1 Å². The first-order valence-electron chi connectivity index (χ1n) is 8.43. The van der Waals surface area contributed by atoms with E-state index in [0.29, 0.717) is 17.1 Å². The van der Waals surface area contributed by atoms with E-state index in [1.165, 1.54) is 19.1 Å². The van der Waals surface area contributed by atoms with Crippen LogP contribution in [-0.2, 0) is 19.2 Å². The molecule has 2 aromatic carbocycles. The van der Waals surface area contributed by atoms with Crippen LogP contribution in [0.5, 0.6) is 5.75 Å². The largest absolute Gasteiger partial charge is 0.427 e. The van der Waals surface area contributed by atoms with Gasteiger partial charge in [-0.2, -0.15) is 0 Å². The molecule has 0 spiro atoms. The summed E-state index contributed by atoms with van der Waals surface area (Å²) in [6, 6.07) is 13.7. The molecule has 1 fully saturated rings. The molecule has 2 atom stereocenters. The fourth-order valence-electron chi connectivity index (χ4n) is 3.22. The number of carbonyl (C=O) groups is 3. The molecule has 2 heterocycles. The van der Waals surface area contributed by atoms with Gasteiger partial charge in [0.25, 0.3) is 5.91 Å². The van der Waals surface area contributed by atoms with E-state index in [1.807, 2.05) is 31.2 Å². The highest BCUT2D eigenvalue weighted by Crippen LogP contribution is 2.35.